The average Bonchev–Trinajstić information content (AvgIpc) is 2.47. The molecule has 1 aliphatic rings. The van der Waals surface area contributed by atoms with Crippen molar-refractivity contribution in [3.63, 3.8) is 0 Å². The number of rotatable bonds is 5. The van der Waals surface area contributed by atoms with Gasteiger partial charge in [0.2, 0.25) is 5.95 Å². The Bertz CT molecular complexity index is 410. The lowest BCUT2D eigenvalue weighted by Gasteiger charge is -2.30. The predicted molar refractivity (Wildman–Crippen MR) is 78.7 cm³/mol. The maximum atomic E-state index is 6.05. The highest BCUT2D eigenvalue weighted by Crippen LogP contribution is 2.27. The second kappa shape index (κ2) is 7.04. The van der Waals surface area contributed by atoms with Gasteiger partial charge in [-0.25, -0.2) is 4.98 Å². The number of aryl methyl sites for hydroxylation is 2. The molecule has 5 heteroatoms. The molecule has 1 saturated carbocycles. The first-order chi connectivity index (χ1) is 9.28. The van der Waals surface area contributed by atoms with Gasteiger partial charge in [0.25, 0.3) is 0 Å². The Kier molecular flexibility index (Phi) is 5.37. The fourth-order valence-electron chi connectivity index (χ4n) is 2.75. The van der Waals surface area contributed by atoms with Gasteiger partial charge in [0.15, 0.2) is 0 Å². The van der Waals surface area contributed by atoms with Crippen LogP contribution in [-0.2, 0) is 12.8 Å². The molecule has 2 unspecified atom stereocenters. The van der Waals surface area contributed by atoms with Crippen LogP contribution >= 0.6 is 11.6 Å². The Hall–Kier alpha value is -0.900. The Morgan fingerprint density at radius 1 is 1.11 bits per heavy atom. The summed E-state index contributed by atoms with van der Waals surface area (Å²) < 4.78 is 0. The van der Waals surface area contributed by atoms with Crippen LogP contribution in [0.5, 0.6) is 0 Å². The molecule has 0 bridgehead atoms. The Balaban J connectivity index is 2.09. The van der Waals surface area contributed by atoms with Crippen LogP contribution in [0.3, 0.4) is 0 Å². The summed E-state index contributed by atoms with van der Waals surface area (Å²) in [6, 6.07) is 0.394. The number of hydrogen-bond donors (Lipinski definition) is 1. The highest BCUT2D eigenvalue weighted by Gasteiger charge is 2.25. The number of nitrogens with zero attached hydrogens (tertiary/aromatic N) is 3. The van der Waals surface area contributed by atoms with E-state index >= 15 is 0 Å². The molecule has 1 aromatic rings. The highest BCUT2D eigenvalue weighted by molar-refractivity contribution is 6.18. The van der Waals surface area contributed by atoms with Crippen molar-refractivity contribution >= 4 is 17.5 Å². The van der Waals surface area contributed by atoms with E-state index in [1.54, 1.807) is 0 Å². The van der Waals surface area contributed by atoms with Gasteiger partial charge in [0.05, 0.1) is 11.4 Å². The molecule has 1 fully saturated rings. The minimum atomic E-state index is 0.394. The van der Waals surface area contributed by atoms with E-state index in [0.29, 0.717) is 23.8 Å². The third-order valence-corrected chi connectivity index (χ3v) is 4.33. The zero-order valence-electron chi connectivity index (χ0n) is 11.8. The van der Waals surface area contributed by atoms with Gasteiger partial charge in [-0.15, -0.1) is 16.7 Å². The molecule has 19 heavy (non-hydrogen) atoms. The second-order valence-electron chi connectivity index (χ2n) is 5.19. The molecule has 1 N–H and O–H groups in total. The number of halogens is 1. The van der Waals surface area contributed by atoms with Gasteiger partial charge in [0, 0.05) is 11.9 Å². The smallest absolute Gasteiger partial charge is 0.243 e. The summed E-state index contributed by atoms with van der Waals surface area (Å²) in [7, 11) is 0. The molecule has 0 radical (unpaired) electrons. The summed E-state index contributed by atoms with van der Waals surface area (Å²) in [5, 5.41) is 11.9. The van der Waals surface area contributed by atoms with Crippen LogP contribution < -0.4 is 5.32 Å². The maximum absolute atomic E-state index is 6.05. The van der Waals surface area contributed by atoms with E-state index < -0.39 is 0 Å². The Morgan fingerprint density at radius 2 is 1.84 bits per heavy atom. The lowest BCUT2D eigenvalue weighted by Crippen LogP contribution is -2.34. The van der Waals surface area contributed by atoms with Crippen LogP contribution in [0.25, 0.3) is 0 Å². The zero-order chi connectivity index (χ0) is 13.7. The van der Waals surface area contributed by atoms with E-state index in [0.717, 1.165) is 30.7 Å². The SMILES string of the molecule is CCc1nnc(NC2CCCCC2CCl)nc1CC. The maximum Gasteiger partial charge on any atom is 0.243 e. The lowest BCUT2D eigenvalue weighted by molar-refractivity contribution is 0.351. The van der Waals surface area contributed by atoms with E-state index in [9.17, 15) is 0 Å². The molecule has 2 atom stereocenters. The van der Waals surface area contributed by atoms with Gasteiger partial charge >= 0.3 is 0 Å². The van der Waals surface area contributed by atoms with E-state index in [-0.39, 0.29) is 0 Å². The van der Waals surface area contributed by atoms with Crippen molar-refractivity contribution in [3.8, 4) is 0 Å². The molecule has 0 saturated heterocycles. The van der Waals surface area contributed by atoms with Crippen LogP contribution in [0.2, 0.25) is 0 Å². The molecule has 0 spiro atoms. The fourth-order valence-corrected chi connectivity index (χ4v) is 3.12. The highest BCUT2D eigenvalue weighted by atomic mass is 35.5. The van der Waals surface area contributed by atoms with E-state index in [4.69, 9.17) is 11.6 Å². The van der Waals surface area contributed by atoms with Crippen LogP contribution in [-0.4, -0.2) is 27.1 Å². The number of hydrogen-bond acceptors (Lipinski definition) is 4. The lowest BCUT2D eigenvalue weighted by atomic mass is 9.86. The van der Waals surface area contributed by atoms with E-state index in [1.165, 1.54) is 19.3 Å². The van der Waals surface area contributed by atoms with Crippen molar-refractivity contribution in [1.29, 1.82) is 0 Å². The number of alkyl halides is 1. The molecule has 0 amide bonds. The summed E-state index contributed by atoms with van der Waals surface area (Å²) in [5.74, 6) is 1.89. The molecule has 1 aliphatic carbocycles. The number of nitrogens with one attached hydrogen (secondary N) is 1. The molecule has 1 aromatic heterocycles. The second-order valence-corrected chi connectivity index (χ2v) is 5.49. The summed E-state index contributed by atoms with van der Waals surface area (Å²) >= 11 is 6.05. The molecular weight excluding hydrogens is 260 g/mol. The molecule has 1 heterocycles. The predicted octanol–water partition coefficient (Wildman–Crippen LogP) is 3.21. The minimum Gasteiger partial charge on any atom is -0.350 e. The third kappa shape index (κ3) is 3.56. The van der Waals surface area contributed by atoms with Crippen molar-refractivity contribution in [3.05, 3.63) is 11.4 Å². The molecule has 0 aliphatic heterocycles. The quantitative estimate of drug-likeness (QED) is 0.843. The van der Waals surface area contributed by atoms with E-state index in [2.05, 4.69) is 34.3 Å². The third-order valence-electron chi connectivity index (χ3n) is 3.93. The standard InChI is InChI=1S/C14H23ClN4/c1-3-11-12(4-2)18-19-14(16-11)17-13-8-6-5-7-10(13)9-15/h10,13H,3-9H2,1-2H3,(H,16,17,19). The van der Waals surface area contributed by atoms with Gasteiger partial charge in [-0.05, 0) is 31.6 Å². The van der Waals surface area contributed by atoms with Crippen LogP contribution in [0.1, 0.15) is 50.9 Å². The molecule has 4 nitrogen and oxygen atoms in total. The average molecular weight is 283 g/mol. The van der Waals surface area contributed by atoms with Gasteiger partial charge in [-0.2, -0.15) is 5.10 Å². The summed E-state index contributed by atoms with van der Waals surface area (Å²) in [6.07, 6.45) is 6.67. The normalized spacial score (nSPS) is 23.3. The van der Waals surface area contributed by atoms with Crippen LogP contribution in [0.4, 0.5) is 5.95 Å². The summed E-state index contributed by atoms with van der Waals surface area (Å²) in [5.41, 5.74) is 2.06. The fraction of sp³-hybridized carbons (Fsp3) is 0.786. The number of aromatic nitrogens is 3. The van der Waals surface area contributed by atoms with Crippen molar-refractivity contribution < 1.29 is 0 Å². The molecule has 106 valence electrons. The first-order valence-corrected chi connectivity index (χ1v) is 7.86. The van der Waals surface area contributed by atoms with Gasteiger partial charge < -0.3 is 5.32 Å². The van der Waals surface area contributed by atoms with Crippen molar-refractivity contribution in [2.75, 3.05) is 11.2 Å². The molecule has 2 rings (SSSR count). The Labute approximate surface area is 120 Å². The number of anilines is 1. The Morgan fingerprint density at radius 3 is 2.53 bits per heavy atom. The monoisotopic (exact) mass is 282 g/mol. The van der Waals surface area contributed by atoms with Crippen LogP contribution in [0.15, 0.2) is 0 Å². The van der Waals surface area contributed by atoms with Crippen molar-refractivity contribution in [1.82, 2.24) is 15.2 Å². The minimum absolute atomic E-state index is 0.394. The first kappa shape index (κ1) is 14.5. The van der Waals surface area contributed by atoms with E-state index in [1.807, 2.05) is 0 Å². The first-order valence-electron chi connectivity index (χ1n) is 7.33. The molecule has 0 aromatic carbocycles. The van der Waals surface area contributed by atoms with Crippen molar-refractivity contribution in [2.45, 2.75) is 58.4 Å². The zero-order valence-corrected chi connectivity index (χ0v) is 12.6. The van der Waals surface area contributed by atoms with Gasteiger partial charge in [-0.1, -0.05) is 26.7 Å². The largest absolute Gasteiger partial charge is 0.350 e. The van der Waals surface area contributed by atoms with Gasteiger partial charge in [-0.3, -0.25) is 0 Å². The topological polar surface area (TPSA) is 50.7 Å². The molecular formula is C14H23ClN4. The van der Waals surface area contributed by atoms with Crippen molar-refractivity contribution in [2.24, 2.45) is 5.92 Å². The summed E-state index contributed by atoms with van der Waals surface area (Å²) in [6.45, 7) is 4.19. The van der Waals surface area contributed by atoms with Gasteiger partial charge in [0.1, 0.15) is 0 Å². The summed E-state index contributed by atoms with van der Waals surface area (Å²) in [4.78, 5) is 4.60. The van der Waals surface area contributed by atoms with Crippen LogP contribution in [0, 0.1) is 5.92 Å².